The molecule has 4 nitrogen and oxygen atoms in total. The molecule has 0 spiro atoms. The lowest BCUT2D eigenvalue weighted by Gasteiger charge is -2.33. The third kappa shape index (κ3) is 4.56. The van der Waals surface area contributed by atoms with Gasteiger partial charge in [-0.3, -0.25) is 4.79 Å². The summed E-state index contributed by atoms with van der Waals surface area (Å²) < 4.78 is 5.59. The van der Waals surface area contributed by atoms with Crippen molar-refractivity contribution in [1.29, 1.82) is 5.26 Å². The number of carbonyl (C=O) groups excluding carboxylic acids is 1. The van der Waals surface area contributed by atoms with E-state index in [1.54, 1.807) is 11.3 Å². The summed E-state index contributed by atoms with van der Waals surface area (Å²) in [5, 5.41) is 13.2. The Morgan fingerprint density at radius 2 is 2.04 bits per heavy atom. The molecule has 1 N–H and O–H groups in total. The number of nitrogens with one attached hydrogen (secondary N) is 1. The molecule has 1 aliphatic rings. The number of amides is 1. The summed E-state index contributed by atoms with van der Waals surface area (Å²) in [6.45, 7) is 8.85. The normalized spacial score (nSPS) is 16.2. The largest absolute Gasteiger partial charge is 0.484 e. The monoisotopic (exact) mass is 396 g/mol. The van der Waals surface area contributed by atoms with Crippen LogP contribution in [0.4, 0.5) is 5.00 Å². The number of aryl methyl sites for hydroxylation is 1. The number of hydrogen-bond donors (Lipinski definition) is 1. The lowest BCUT2D eigenvalue weighted by molar-refractivity contribution is -0.118. The third-order valence-electron chi connectivity index (χ3n) is 5.56. The van der Waals surface area contributed by atoms with Gasteiger partial charge in [0, 0.05) is 4.88 Å². The van der Waals surface area contributed by atoms with Gasteiger partial charge < -0.3 is 10.1 Å². The molecule has 1 aliphatic carbocycles. The quantitative estimate of drug-likeness (QED) is 0.741. The van der Waals surface area contributed by atoms with Crippen molar-refractivity contribution in [2.75, 3.05) is 11.9 Å². The number of carbonyl (C=O) groups is 1. The maximum absolute atomic E-state index is 12.4. The molecule has 0 fully saturated rings. The number of anilines is 1. The fourth-order valence-electron chi connectivity index (χ4n) is 3.66. The molecule has 0 radical (unpaired) electrons. The van der Waals surface area contributed by atoms with E-state index >= 15 is 0 Å². The maximum Gasteiger partial charge on any atom is 0.262 e. The first-order valence-electron chi connectivity index (χ1n) is 9.88. The number of nitriles is 1. The highest BCUT2D eigenvalue weighted by Gasteiger charge is 2.32. The SMILES string of the molecule is CCc1ccc(OCC(=O)Nc2sc3c(c2C#N)CC[C@@H](C(C)(C)C)C3)cc1. The van der Waals surface area contributed by atoms with Crippen molar-refractivity contribution in [1.82, 2.24) is 0 Å². The van der Waals surface area contributed by atoms with E-state index in [0.29, 0.717) is 22.2 Å². The molecule has 1 heterocycles. The van der Waals surface area contributed by atoms with Crippen LogP contribution in [0.3, 0.4) is 0 Å². The Balaban J connectivity index is 1.66. The number of ether oxygens (including phenoxy) is 1. The van der Waals surface area contributed by atoms with E-state index in [9.17, 15) is 10.1 Å². The molecule has 0 bridgehead atoms. The first kappa shape index (κ1) is 20.4. The Hall–Kier alpha value is -2.32. The molecule has 148 valence electrons. The second-order valence-electron chi connectivity index (χ2n) is 8.46. The molecule has 1 amide bonds. The molecule has 3 rings (SSSR count). The zero-order chi connectivity index (χ0) is 20.3. The van der Waals surface area contributed by atoms with Gasteiger partial charge in [0.1, 0.15) is 16.8 Å². The molecule has 1 aromatic carbocycles. The van der Waals surface area contributed by atoms with Gasteiger partial charge in [0.15, 0.2) is 6.61 Å². The molecule has 2 aromatic rings. The first-order valence-corrected chi connectivity index (χ1v) is 10.7. The van der Waals surface area contributed by atoms with Crippen molar-refractivity contribution >= 4 is 22.2 Å². The molecule has 28 heavy (non-hydrogen) atoms. The van der Waals surface area contributed by atoms with Crippen LogP contribution in [-0.2, 0) is 24.1 Å². The summed E-state index contributed by atoms with van der Waals surface area (Å²) in [7, 11) is 0. The highest BCUT2D eigenvalue weighted by Crippen LogP contribution is 2.43. The molecular weight excluding hydrogens is 368 g/mol. The second-order valence-corrected chi connectivity index (χ2v) is 9.56. The minimum atomic E-state index is -0.234. The van der Waals surface area contributed by atoms with E-state index < -0.39 is 0 Å². The van der Waals surface area contributed by atoms with Crippen molar-refractivity contribution in [2.24, 2.45) is 11.3 Å². The summed E-state index contributed by atoms with van der Waals surface area (Å²) in [4.78, 5) is 13.6. The van der Waals surface area contributed by atoms with Crippen LogP contribution in [0.15, 0.2) is 24.3 Å². The van der Waals surface area contributed by atoms with Crippen LogP contribution in [0, 0.1) is 22.7 Å². The molecule has 1 aromatic heterocycles. The van der Waals surface area contributed by atoms with Crippen molar-refractivity contribution in [3.05, 3.63) is 45.8 Å². The Morgan fingerprint density at radius 1 is 1.32 bits per heavy atom. The number of thiophene rings is 1. The molecule has 5 heteroatoms. The predicted octanol–water partition coefficient (Wildman–Crippen LogP) is 5.35. The van der Waals surface area contributed by atoms with Crippen LogP contribution in [0.2, 0.25) is 0 Å². The zero-order valence-corrected chi connectivity index (χ0v) is 17.9. The summed E-state index contributed by atoms with van der Waals surface area (Å²) in [6.07, 6.45) is 3.95. The highest BCUT2D eigenvalue weighted by atomic mass is 32.1. The lowest BCUT2D eigenvalue weighted by atomic mass is 9.72. The van der Waals surface area contributed by atoms with Gasteiger partial charge >= 0.3 is 0 Å². The minimum Gasteiger partial charge on any atom is -0.484 e. The standard InChI is InChI=1S/C23H28N2O2S/c1-5-15-6-9-17(10-7-15)27-14-21(26)25-22-19(13-24)18-11-8-16(23(2,3)4)12-20(18)28-22/h6-7,9-10,16H,5,8,11-12,14H2,1-4H3,(H,25,26)/t16-/m1/s1. The smallest absolute Gasteiger partial charge is 0.262 e. The molecule has 0 saturated heterocycles. The number of nitrogens with zero attached hydrogens (tertiary/aromatic N) is 1. The number of hydrogen-bond acceptors (Lipinski definition) is 4. The Morgan fingerprint density at radius 3 is 2.64 bits per heavy atom. The van der Waals surface area contributed by atoms with Gasteiger partial charge in [-0.1, -0.05) is 39.8 Å². The van der Waals surface area contributed by atoms with E-state index in [1.165, 1.54) is 10.4 Å². The maximum atomic E-state index is 12.4. The van der Waals surface area contributed by atoms with Crippen molar-refractivity contribution < 1.29 is 9.53 Å². The van der Waals surface area contributed by atoms with Crippen LogP contribution >= 0.6 is 11.3 Å². The van der Waals surface area contributed by atoms with E-state index in [-0.39, 0.29) is 17.9 Å². The first-order chi connectivity index (χ1) is 13.3. The second kappa shape index (κ2) is 8.36. The fourth-order valence-corrected chi connectivity index (χ4v) is 4.96. The highest BCUT2D eigenvalue weighted by molar-refractivity contribution is 7.16. The number of benzene rings is 1. The van der Waals surface area contributed by atoms with Gasteiger partial charge in [0.05, 0.1) is 5.56 Å². The predicted molar refractivity (Wildman–Crippen MR) is 114 cm³/mol. The van der Waals surface area contributed by atoms with Crippen LogP contribution in [0.25, 0.3) is 0 Å². The molecular formula is C23H28N2O2S. The summed E-state index contributed by atoms with van der Waals surface area (Å²) >= 11 is 1.55. The average molecular weight is 397 g/mol. The summed E-state index contributed by atoms with van der Waals surface area (Å²) in [6, 6.07) is 10.1. The topological polar surface area (TPSA) is 62.1 Å². The Labute approximate surface area is 171 Å². The Kier molecular flexibility index (Phi) is 6.10. The molecule has 1 atom stereocenters. The van der Waals surface area contributed by atoms with Gasteiger partial charge in [0.2, 0.25) is 0 Å². The number of rotatable bonds is 5. The van der Waals surface area contributed by atoms with Crippen molar-refractivity contribution in [3.63, 3.8) is 0 Å². The summed E-state index contributed by atoms with van der Waals surface area (Å²) in [5.74, 6) is 1.04. The van der Waals surface area contributed by atoms with E-state index in [4.69, 9.17) is 4.74 Å². The van der Waals surface area contributed by atoms with Crippen LogP contribution in [0.5, 0.6) is 5.75 Å². The van der Waals surface area contributed by atoms with Crippen molar-refractivity contribution in [2.45, 2.75) is 53.4 Å². The van der Waals surface area contributed by atoms with Gasteiger partial charge in [-0.15, -0.1) is 11.3 Å². The lowest BCUT2D eigenvalue weighted by Crippen LogP contribution is -2.26. The van der Waals surface area contributed by atoms with Gasteiger partial charge in [0.25, 0.3) is 5.91 Å². The third-order valence-corrected chi connectivity index (χ3v) is 6.73. The average Bonchev–Trinajstić information content (AvgIpc) is 3.02. The van der Waals surface area contributed by atoms with Crippen LogP contribution in [-0.4, -0.2) is 12.5 Å². The molecule has 0 unspecified atom stereocenters. The Bertz CT molecular complexity index is 885. The van der Waals surface area contributed by atoms with Crippen molar-refractivity contribution in [3.8, 4) is 11.8 Å². The fraction of sp³-hybridized carbons (Fsp3) is 0.478. The van der Waals surface area contributed by atoms with Gasteiger partial charge in [-0.2, -0.15) is 5.26 Å². The minimum absolute atomic E-state index is 0.0659. The molecule has 0 saturated carbocycles. The van der Waals surface area contributed by atoms with Crippen LogP contribution in [0.1, 0.15) is 55.7 Å². The van der Waals surface area contributed by atoms with Gasteiger partial charge in [-0.05, 0) is 60.3 Å². The van der Waals surface area contributed by atoms with E-state index in [2.05, 4.69) is 39.1 Å². The molecule has 0 aliphatic heterocycles. The van der Waals surface area contributed by atoms with Gasteiger partial charge in [-0.25, -0.2) is 0 Å². The van der Waals surface area contributed by atoms with E-state index in [0.717, 1.165) is 31.2 Å². The summed E-state index contributed by atoms with van der Waals surface area (Å²) in [5.41, 5.74) is 3.24. The zero-order valence-electron chi connectivity index (χ0n) is 17.1. The number of fused-ring (bicyclic) bond motifs is 1. The van der Waals surface area contributed by atoms with Crippen LogP contribution < -0.4 is 10.1 Å². The van der Waals surface area contributed by atoms with E-state index in [1.807, 2.05) is 24.3 Å².